The molecule has 0 rings (SSSR count). The van der Waals surface area contributed by atoms with Gasteiger partial charge in [0, 0.05) is 6.54 Å². The molecule has 22 heavy (non-hydrogen) atoms. The zero-order valence-electron chi connectivity index (χ0n) is 13.5. The summed E-state index contributed by atoms with van der Waals surface area (Å²) in [6.45, 7) is 6.32. The minimum absolute atomic E-state index is 0.0322. The van der Waals surface area contributed by atoms with Crippen LogP contribution in [0.4, 0.5) is 0 Å². The van der Waals surface area contributed by atoms with E-state index in [-0.39, 0.29) is 56.6 Å². The molecule has 0 aromatic rings. The minimum atomic E-state index is -0.368. The number of rotatable bonds is 13. The number of hydrogen-bond donors (Lipinski definition) is 2. The Morgan fingerprint density at radius 3 is 2.23 bits per heavy atom. The first kappa shape index (κ1) is 20.5. The summed E-state index contributed by atoms with van der Waals surface area (Å²) in [6.07, 6.45) is 0.126. The molecule has 2 N–H and O–H groups in total. The molecule has 0 unspecified atom stereocenters. The third-order valence-corrected chi connectivity index (χ3v) is 2.23. The van der Waals surface area contributed by atoms with Gasteiger partial charge in [0.05, 0.1) is 32.5 Å². The lowest BCUT2D eigenvalue weighted by Gasteiger charge is -2.09. The van der Waals surface area contributed by atoms with Gasteiger partial charge in [-0.2, -0.15) is 0 Å². The molecule has 2 amide bonds. The molecule has 128 valence electrons. The van der Waals surface area contributed by atoms with Crippen molar-refractivity contribution in [3.8, 4) is 0 Å². The minimum Gasteiger partial charge on any atom is -0.376 e. The smallest absolute Gasteiger partial charge is 0.246 e. The van der Waals surface area contributed by atoms with Crippen molar-refractivity contribution >= 4 is 17.6 Å². The molecule has 0 aliphatic heterocycles. The van der Waals surface area contributed by atoms with E-state index >= 15 is 0 Å². The number of Topliss-reactive ketones (excluding diaryl/α,β-unsaturated/α-hetero) is 1. The van der Waals surface area contributed by atoms with Crippen LogP contribution in [0.1, 0.15) is 20.8 Å². The van der Waals surface area contributed by atoms with Crippen LogP contribution in [0.2, 0.25) is 0 Å². The number of carbonyl (C=O) groups is 3. The Labute approximate surface area is 130 Å². The van der Waals surface area contributed by atoms with Crippen molar-refractivity contribution in [3.05, 3.63) is 0 Å². The summed E-state index contributed by atoms with van der Waals surface area (Å²) in [6, 6.07) is 0. The summed E-state index contributed by atoms with van der Waals surface area (Å²) in [5.41, 5.74) is 0. The van der Waals surface area contributed by atoms with Gasteiger partial charge < -0.3 is 24.8 Å². The Morgan fingerprint density at radius 2 is 1.59 bits per heavy atom. The van der Waals surface area contributed by atoms with Gasteiger partial charge in [-0.25, -0.2) is 0 Å². The summed E-state index contributed by atoms with van der Waals surface area (Å²) >= 11 is 0. The van der Waals surface area contributed by atoms with Crippen LogP contribution in [0.25, 0.3) is 0 Å². The van der Waals surface area contributed by atoms with Crippen molar-refractivity contribution in [1.29, 1.82) is 0 Å². The molecular weight excluding hydrogens is 292 g/mol. The largest absolute Gasteiger partial charge is 0.376 e. The standard InChI is InChI=1S/C14H26N2O6/c1-11(2)22-7-6-21-10-14(19)16-8-13(18)15-4-5-20-9-12(3)17/h11H,4-10H2,1-3H3,(H,15,18)(H,16,19). The lowest BCUT2D eigenvalue weighted by atomic mass is 10.5. The zero-order chi connectivity index (χ0) is 16.8. The van der Waals surface area contributed by atoms with Crippen molar-refractivity contribution in [2.45, 2.75) is 26.9 Å². The van der Waals surface area contributed by atoms with E-state index in [2.05, 4.69) is 10.6 Å². The van der Waals surface area contributed by atoms with Gasteiger partial charge in [-0.15, -0.1) is 0 Å². The first-order valence-corrected chi connectivity index (χ1v) is 7.21. The third kappa shape index (κ3) is 14.9. The number of hydrogen-bond acceptors (Lipinski definition) is 6. The molecule has 8 heteroatoms. The first-order valence-electron chi connectivity index (χ1n) is 7.21. The van der Waals surface area contributed by atoms with Gasteiger partial charge in [0.25, 0.3) is 0 Å². The Balaban J connectivity index is 3.45. The summed E-state index contributed by atoms with van der Waals surface area (Å²) in [5.74, 6) is -0.771. The number of nitrogens with one attached hydrogen (secondary N) is 2. The Kier molecular flexibility index (Phi) is 12.3. The van der Waals surface area contributed by atoms with Crippen LogP contribution in [0, 0.1) is 0 Å². The van der Waals surface area contributed by atoms with Crippen molar-refractivity contribution in [3.63, 3.8) is 0 Å². The van der Waals surface area contributed by atoms with Crippen molar-refractivity contribution in [2.75, 3.05) is 46.1 Å². The molecular formula is C14H26N2O6. The topological polar surface area (TPSA) is 103 Å². The predicted molar refractivity (Wildman–Crippen MR) is 79.4 cm³/mol. The van der Waals surface area contributed by atoms with Crippen molar-refractivity contribution in [2.24, 2.45) is 0 Å². The lowest BCUT2D eigenvalue weighted by Crippen LogP contribution is -2.39. The van der Waals surface area contributed by atoms with Crippen LogP contribution in [-0.2, 0) is 28.6 Å². The quantitative estimate of drug-likeness (QED) is 0.434. The van der Waals surface area contributed by atoms with Crippen molar-refractivity contribution < 1.29 is 28.6 Å². The zero-order valence-corrected chi connectivity index (χ0v) is 13.5. The second kappa shape index (κ2) is 13.2. The molecule has 8 nitrogen and oxygen atoms in total. The van der Waals surface area contributed by atoms with E-state index in [1.54, 1.807) is 0 Å². The predicted octanol–water partition coefficient (Wildman–Crippen LogP) is -0.734. The molecule has 0 aromatic heterocycles. The maximum Gasteiger partial charge on any atom is 0.246 e. The molecule has 0 heterocycles. The fourth-order valence-corrected chi connectivity index (χ4v) is 1.28. The summed E-state index contributed by atoms with van der Waals surface area (Å²) in [5, 5.41) is 4.98. The van der Waals surface area contributed by atoms with E-state index < -0.39 is 0 Å². The number of ether oxygens (including phenoxy) is 3. The molecule has 0 spiro atoms. The molecule has 0 aliphatic carbocycles. The van der Waals surface area contributed by atoms with Gasteiger partial charge in [0.15, 0.2) is 5.78 Å². The van der Waals surface area contributed by atoms with Crippen LogP contribution >= 0.6 is 0 Å². The van der Waals surface area contributed by atoms with Crippen LogP contribution in [-0.4, -0.2) is 69.8 Å². The first-order chi connectivity index (χ1) is 10.4. The second-order valence-electron chi connectivity index (χ2n) is 4.85. The Bertz CT molecular complexity index is 346. The highest BCUT2D eigenvalue weighted by Gasteiger charge is 2.05. The average Bonchev–Trinajstić information content (AvgIpc) is 2.43. The van der Waals surface area contributed by atoms with Crippen LogP contribution in [0.5, 0.6) is 0 Å². The van der Waals surface area contributed by atoms with Gasteiger partial charge in [0.1, 0.15) is 13.2 Å². The maximum absolute atomic E-state index is 11.4. The van der Waals surface area contributed by atoms with E-state index in [1.165, 1.54) is 6.92 Å². The molecule has 0 saturated heterocycles. The molecule has 0 atom stereocenters. The highest BCUT2D eigenvalue weighted by atomic mass is 16.5. The van der Waals surface area contributed by atoms with Gasteiger partial charge in [-0.05, 0) is 20.8 Å². The summed E-state index contributed by atoms with van der Waals surface area (Å²) in [7, 11) is 0. The van der Waals surface area contributed by atoms with E-state index in [1.807, 2.05) is 13.8 Å². The maximum atomic E-state index is 11.4. The van der Waals surface area contributed by atoms with Crippen LogP contribution in [0.15, 0.2) is 0 Å². The van der Waals surface area contributed by atoms with E-state index in [9.17, 15) is 14.4 Å². The van der Waals surface area contributed by atoms with Crippen molar-refractivity contribution in [1.82, 2.24) is 10.6 Å². The average molecular weight is 318 g/mol. The molecule has 0 aromatic carbocycles. The van der Waals surface area contributed by atoms with E-state index in [0.717, 1.165) is 0 Å². The van der Waals surface area contributed by atoms with E-state index in [0.29, 0.717) is 13.2 Å². The van der Waals surface area contributed by atoms with Crippen LogP contribution in [0.3, 0.4) is 0 Å². The van der Waals surface area contributed by atoms with Gasteiger partial charge in [0.2, 0.25) is 11.8 Å². The highest BCUT2D eigenvalue weighted by Crippen LogP contribution is 1.87. The third-order valence-electron chi connectivity index (χ3n) is 2.23. The van der Waals surface area contributed by atoms with Gasteiger partial charge >= 0.3 is 0 Å². The highest BCUT2D eigenvalue weighted by molar-refractivity contribution is 5.85. The van der Waals surface area contributed by atoms with Gasteiger partial charge in [-0.3, -0.25) is 14.4 Å². The number of ketones is 1. The number of amides is 2. The fourth-order valence-electron chi connectivity index (χ4n) is 1.28. The second-order valence-corrected chi connectivity index (χ2v) is 4.85. The lowest BCUT2D eigenvalue weighted by molar-refractivity contribution is -0.129. The normalized spacial score (nSPS) is 10.5. The Hall–Kier alpha value is -1.51. The van der Waals surface area contributed by atoms with Gasteiger partial charge in [-0.1, -0.05) is 0 Å². The molecule has 0 saturated carbocycles. The fraction of sp³-hybridized carbons (Fsp3) is 0.786. The summed E-state index contributed by atoms with van der Waals surface area (Å²) in [4.78, 5) is 33.4. The molecule has 0 fully saturated rings. The molecule has 0 aliphatic rings. The number of carbonyl (C=O) groups excluding carboxylic acids is 3. The van der Waals surface area contributed by atoms with Crippen LogP contribution < -0.4 is 10.6 Å². The summed E-state index contributed by atoms with van der Waals surface area (Å²) < 4.78 is 15.3. The SMILES string of the molecule is CC(=O)COCCNC(=O)CNC(=O)COCCOC(C)C. The Morgan fingerprint density at radius 1 is 0.909 bits per heavy atom. The monoisotopic (exact) mass is 318 g/mol. The molecule has 0 radical (unpaired) electrons. The van der Waals surface area contributed by atoms with E-state index in [4.69, 9.17) is 14.2 Å². The molecule has 0 bridgehead atoms.